The topological polar surface area (TPSA) is 92.5 Å². The van der Waals surface area contributed by atoms with Crippen LogP contribution in [-0.4, -0.2) is 38.4 Å². The van der Waals surface area contributed by atoms with Crippen LogP contribution in [0.25, 0.3) is 0 Å². The van der Waals surface area contributed by atoms with Crippen LogP contribution in [0.5, 0.6) is 0 Å². The zero-order valence-corrected chi connectivity index (χ0v) is 16.4. The zero-order chi connectivity index (χ0) is 19.6. The van der Waals surface area contributed by atoms with E-state index in [1.54, 1.807) is 4.90 Å². The molecule has 2 aromatic rings. The molecule has 0 unspecified atom stereocenters. The second-order valence-corrected chi connectivity index (χ2v) is 8.07. The molecule has 3 rings (SSSR count). The third-order valence-corrected chi connectivity index (χ3v) is 5.79. The molecule has 1 amide bonds. The second kappa shape index (κ2) is 8.85. The summed E-state index contributed by atoms with van der Waals surface area (Å²) in [5, 5.41) is 0. The molecule has 28 heavy (non-hydrogen) atoms. The lowest BCUT2D eigenvalue weighted by Gasteiger charge is -2.30. The quantitative estimate of drug-likeness (QED) is 0.778. The Hall–Kier alpha value is -2.23. The van der Waals surface area contributed by atoms with Crippen LogP contribution in [0.4, 0.5) is 14.5 Å². The number of carbonyl (C=O) groups is 1. The van der Waals surface area contributed by atoms with E-state index in [1.165, 1.54) is 24.3 Å². The molecule has 0 bridgehead atoms. The standard InChI is InChI=1S/C18H19F2N3O3S.ClH/c19-16-6-5-15(11-17(16)20)27(25,26)22-14-3-1-12(2-4-14)18(24)23-9-7-13(21)8-10-23;/h1-6,11,13,22H,7-10,21H2;1H. The monoisotopic (exact) mass is 431 g/mol. The summed E-state index contributed by atoms with van der Waals surface area (Å²) in [6, 6.07) is 8.36. The number of likely N-dealkylation sites (tertiary alicyclic amines) is 1. The van der Waals surface area contributed by atoms with Crippen molar-refractivity contribution in [1.82, 2.24) is 4.90 Å². The fourth-order valence-electron chi connectivity index (χ4n) is 2.82. The van der Waals surface area contributed by atoms with Gasteiger partial charge in [0, 0.05) is 30.4 Å². The molecule has 152 valence electrons. The van der Waals surface area contributed by atoms with Crippen LogP contribution >= 0.6 is 12.4 Å². The maximum Gasteiger partial charge on any atom is 0.261 e. The molecule has 10 heteroatoms. The van der Waals surface area contributed by atoms with Crippen LogP contribution in [0.3, 0.4) is 0 Å². The number of hydrogen-bond acceptors (Lipinski definition) is 4. The van der Waals surface area contributed by atoms with Gasteiger partial charge in [-0.2, -0.15) is 0 Å². The smallest absolute Gasteiger partial charge is 0.261 e. The molecule has 0 spiro atoms. The molecule has 3 N–H and O–H groups in total. The van der Waals surface area contributed by atoms with Crippen LogP contribution in [0.15, 0.2) is 47.4 Å². The van der Waals surface area contributed by atoms with Gasteiger partial charge in [-0.05, 0) is 55.3 Å². The van der Waals surface area contributed by atoms with E-state index in [0.29, 0.717) is 24.7 Å². The first kappa shape index (κ1) is 22.1. The van der Waals surface area contributed by atoms with Gasteiger partial charge in [0.1, 0.15) is 0 Å². The minimum Gasteiger partial charge on any atom is -0.339 e. The molecule has 1 saturated heterocycles. The predicted octanol–water partition coefficient (Wildman–Crippen LogP) is 2.75. The van der Waals surface area contributed by atoms with Gasteiger partial charge in [0.15, 0.2) is 11.6 Å². The lowest BCUT2D eigenvalue weighted by molar-refractivity contribution is 0.0715. The number of nitrogens with zero attached hydrogens (tertiary/aromatic N) is 1. The molecule has 0 saturated carbocycles. The predicted molar refractivity (Wildman–Crippen MR) is 104 cm³/mol. The van der Waals surface area contributed by atoms with Gasteiger partial charge in [-0.3, -0.25) is 9.52 Å². The second-order valence-electron chi connectivity index (χ2n) is 6.39. The van der Waals surface area contributed by atoms with Gasteiger partial charge in [-0.15, -0.1) is 12.4 Å². The minimum atomic E-state index is -4.08. The third-order valence-electron chi connectivity index (χ3n) is 4.41. The van der Waals surface area contributed by atoms with E-state index in [0.717, 1.165) is 25.0 Å². The maximum atomic E-state index is 13.3. The maximum absolute atomic E-state index is 13.3. The highest BCUT2D eigenvalue weighted by atomic mass is 35.5. The number of rotatable bonds is 4. The van der Waals surface area contributed by atoms with Crippen molar-refractivity contribution < 1.29 is 22.0 Å². The molecular formula is C18H20ClF2N3O3S. The van der Waals surface area contributed by atoms with E-state index in [4.69, 9.17) is 5.73 Å². The Balaban J connectivity index is 0.00000280. The van der Waals surface area contributed by atoms with Gasteiger partial charge < -0.3 is 10.6 Å². The number of carbonyl (C=O) groups excluding carboxylic acids is 1. The molecule has 0 radical (unpaired) electrons. The summed E-state index contributed by atoms with van der Waals surface area (Å²) in [6.07, 6.45) is 1.50. The summed E-state index contributed by atoms with van der Waals surface area (Å²) in [6.45, 7) is 1.18. The van der Waals surface area contributed by atoms with Gasteiger partial charge in [0.2, 0.25) is 0 Å². The summed E-state index contributed by atoms with van der Waals surface area (Å²) in [5.74, 6) is -2.52. The van der Waals surface area contributed by atoms with E-state index < -0.39 is 26.6 Å². The van der Waals surface area contributed by atoms with Crippen molar-refractivity contribution in [2.45, 2.75) is 23.8 Å². The molecule has 6 nitrogen and oxygen atoms in total. The minimum absolute atomic E-state index is 0. The number of nitrogens with two attached hydrogens (primary N) is 1. The summed E-state index contributed by atoms with van der Waals surface area (Å²) in [5.41, 5.74) is 6.47. The van der Waals surface area contributed by atoms with Crippen molar-refractivity contribution in [3.05, 3.63) is 59.7 Å². The normalized spacial score (nSPS) is 15.0. The number of hydrogen-bond donors (Lipinski definition) is 2. The van der Waals surface area contributed by atoms with Crippen molar-refractivity contribution in [3.8, 4) is 0 Å². The third kappa shape index (κ3) is 4.98. The highest BCUT2D eigenvalue weighted by molar-refractivity contribution is 7.92. The van der Waals surface area contributed by atoms with Crippen molar-refractivity contribution in [1.29, 1.82) is 0 Å². The molecule has 1 fully saturated rings. The van der Waals surface area contributed by atoms with Crippen LogP contribution in [0, 0.1) is 11.6 Å². The zero-order valence-electron chi connectivity index (χ0n) is 14.8. The summed E-state index contributed by atoms with van der Waals surface area (Å²) < 4.78 is 53.1. The van der Waals surface area contributed by atoms with Gasteiger partial charge in [0.25, 0.3) is 15.9 Å². The number of amides is 1. The Bertz CT molecular complexity index is 947. The number of piperidine rings is 1. The average molecular weight is 432 g/mol. The highest BCUT2D eigenvalue weighted by Crippen LogP contribution is 2.20. The van der Waals surface area contributed by atoms with E-state index in [-0.39, 0.29) is 30.0 Å². The Morgan fingerprint density at radius 3 is 2.21 bits per heavy atom. The van der Waals surface area contributed by atoms with Gasteiger partial charge in [0.05, 0.1) is 4.90 Å². The molecule has 0 atom stereocenters. The molecule has 1 aliphatic rings. The number of nitrogens with one attached hydrogen (secondary N) is 1. The molecule has 1 heterocycles. The van der Waals surface area contributed by atoms with E-state index in [9.17, 15) is 22.0 Å². The van der Waals surface area contributed by atoms with Gasteiger partial charge in [-0.1, -0.05) is 0 Å². The number of benzene rings is 2. The summed E-state index contributed by atoms with van der Waals surface area (Å²) in [7, 11) is -4.08. The van der Waals surface area contributed by atoms with Gasteiger partial charge >= 0.3 is 0 Å². The molecular weight excluding hydrogens is 412 g/mol. The first-order chi connectivity index (χ1) is 12.8. The van der Waals surface area contributed by atoms with Crippen molar-refractivity contribution >= 4 is 34.0 Å². The van der Waals surface area contributed by atoms with Crippen molar-refractivity contribution in [2.75, 3.05) is 17.8 Å². The number of sulfonamides is 1. The Morgan fingerprint density at radius 2 is 1.64 bits per heavy atom. The molecule has 0 aliphatic carbocycles. The Morgan fingerprint density at radius 1 is 1.04 bits per heavy atom. The SMILES string of the molecule is Cl.NC1CCN(C(=O)c2ccc(NS(=O)(=O)c3ccc(F)c(F)c3)cc2)CC1. The van der Waals surface area contributed by atoms with Crippen LogP contribution in [0.2, 0.25) is 0 Å². The van der Waals surface area contributed by atoms with E-state index in [2.05, 4.69) is 4.72 Å². The van der Waals surface area contributed by atoms with Crippen LogP contribution < -0.4 is 10.5 Å². The Kier molecular flexibility index (Phi) is 6.97. The fourth-order valence-corrected chi connectivity index (χ4v) is 3.89. The largest absolute Gasteiger partial charge is 0.339 e. The first-order valence-corrected chi connectivity index (χ1v) is 9.87. The number of halogens is 3. The van der Waals surface area contributed by atoms with Gasteiger partial charge in [-0.25, -0.2) is 17.2 Å². The first-order valence-electron chi connectivity index (χ1n) is 8.39. The Labute approximate surface area is 168 Å². The molecule has 1 aliphatic heterocycles. The lowest BCUT2D eigenvalue weighted by atomic mass is 10.0. The lowest BCUT2D eigenvalue weighted by Crippen LogP contribution is -2.42. The number of anilines is 1. The van der Waals surface area contributed by atoms with Crippen LogP contribution in [0.1, 0.15) is 23.2 Å². The molecule has 2 aromatic carbocycles. The highest BCUT2D eigenvalue weighted by Gasteiger charge is 2.22. The fraction of sp³-hybridized carbons (Fsp3) is 0.278. The van der Waals surface area contributed by atoms with E-state index in [1.807, 2.05) is 0 Å². The molecule has 0 aromatic heterocycles. The van der Waals surface area contributed by atoms with Crippen LogP contribution in [-0.2, 0) is 10.0 Å². The summed E-state index contributed by atoms with van der Waals surface area (Å²) in [4.78, 5) is 13.8. The summed E-state index contributed by atoms with van der Waals surface area (Å²) >= 11 is 0. The van der Waals surface area contributed by atoms with Crippen molar-refractivity contribution in [3.63, 3.8) is 0 Å². The average Bonchev–Trinajstić information content (AvgIpc) is 2.64. The van der Waals surface area contributed by atoms with E-state index >= 15 is 0 Å². The van der Waals surface area contributed by atoms with Crippen molar-refractivity contribution in [2.24, 2.45) is 5.73 Å².